The van der Waals surface area contributed by atoms with Crippen molar-refractivity contribution in [3.05, 3.63) is 69.9 Å². The Kier molecular flexibility index (Phi) is 4.06. The van der Waals surface area contributed by atoms with Gasteiger partial charge in [0.1, 0.15) is 16.4 Å². The molecule has 0 aliphatic heterocycles. The van der Waals surface area contributed by atoms with Gasteiger partial charge in [0, 0.05) is 6.07 Å². The molecule has 9 heteroatoms. The molecule has 1 aromatic carbocycles. The summed E-state index contributed by atoms with van der Waals surface area (Å²) in [6.07, 6.45) is 0. The van der Waals surface area contributed by atoms with Gasteiger partial charge in [0.05, 0.1) is 18.2 Å². The molecule has 122 valence electrons. The molecule has 8 nitrogen and oxygen atoms in total. The van der Waals surface area contributed by atoms with Gasteiger partial charge in [0.25, 0.3) is 5.91 Å². The van der Waals surface area contributed by atoms with Gasteiger partial charge in [-0.25, -0.2) is 4.39 Å². The van der Waals surface area contributed by atoms with Crippen LogP contribution in [-0.2, 0) is 6.54 Å². The zero-order chi connectivity index (χ0) is 17.1. The number of halogens is 1. The first-order chi connectivity index (χ1) is 11.5. The molecule has 0 bridgehead atoms. The van der Waals surface area contributed by atoms with E-state index in [1.807, 2.05) is 0 Å². The number of aromatic nitrogens is 1. The number of hydrogen-bond acceptors (Lipinski definition) is 6. The minimum Gasteiger partial charge on any atom is -0.395 e. The Morgan fingerprint density at radius 3 is 2.79 bits per heavy atom. The Bertz CT molecular complexity index is 902. The van der Waals surface area contributed by atoms with Gasteiger partial charge in [0.15, 0.2) is 11.5 Å². The van der Waals surface area contributed by atoms with Crippen LogP contribution in [0.15, 0.2) is 51.4 Å². The summed E-state index contributed by atoms with van der Waals surface area (Å²) in [5, 5.41) is 16.7. The molecule has 0 fully saturated rings. The van der Waals surface area contributed by atoms with Crippen molar-refractivity contribution in [2.45, 2.75) is 6.54 Å². The number of benzene rings is 1. The summed E-state index contributed by atoms with van der Waals surface area (Å²) in [5.74, 6) is -1.58. The van der Waals surface area contributed by atoms with E-state index in [-0.39, 0.29) is 23.6 Å². The molecule has 2 aromatic heterocycles. The van der Waals surface area contributed by atoms with E-state index >= 15 is 0 Å². The maximum absolute atomic E-state index is 13.7. The van der Waals surface area contributed by atoms with Gasteiger partial charge in [-0.15, -0.1) is 0 Å². The average molecular weight is 331 g/mol. The van der Waals surface area contributed by atoms with Crippen LogP contribution in [0, 0.1) is 15.9 Å². The van der Waals surface area contributed by atoms with Gasteiger partial charge in [-0.05, 0) is 18.2 Å². The van der Waals surface area contributed by atoms with Gasteiger partial charge in [-0.3, -0.25) is 14.9 Å². The molecule has 0 aliphatic carbocycles. The quantitative estimate of drug-likeness (QED) is 0.568. The van der Waals surface area contributed by atoms with Gasteiger partial charge in [0.2, 0.25) is 0 Å². The molecule has 3 rings (SSSR count). The molecule has 1 N–H and O–H groups in total. The van der Waals surface area contributed by atoms with Crippen LogP contribution in [0.25, 0.3) is 11.3 Å². The Hall–Kier alpha value is -3.49. The zero-order valence-electron chi connectivity index (χ0n) is 12.1. The Morgan fingerprint density at radius 2 is 2.08 bits per heavy atom. The fourth-order valence-corrected chi connectivity index (χ4v) is 1.99. The summed E-state index contributed by atoms with van der Waals surface area (Å²) in [4.78, 5) is 21.6. The molecule has 24 heavy (non-hydrogen) atoms. The lowest BCUT2D eigenvalue weighted by atomic mass is 10.1. The molecular weight excluding hydrogens is 321 g/mol. The van der Waals surface area contributed by atoms with E-state index in [0.717, 1.165) is 6.07 Å². The topological polar surface area (TPSA) is 111 Å². The fraction of sp³-hybridized carbons (Fsp3) is 0.0667. The third-order valence-electron chi connectivity index (χ3n) is 3.12. The minimum atomic E-state index is -0.741. The van der Waals surface area contributed by atoms with E-state index in [0.29, 0.717) is 5.69 Å². The molecule has 0 saturated heterocycles. The van der Waals surface area contributed by atoms with Crippen LogP contribution in [-0.4, -0.2) is 16.0 Å². The molecular formula is C15H10FN3O5. The number of hydrogen-bond donors (Lipinski definition) is 1. The first-order valence-electron chi connectivity index (χ1n) is 6.77. The summed E-state index contributed by atoms with van der Waals surface area (Å²) in [6, 6.07) is 9.82. The number of furan rings is 1. The predicted octanol–water partition coefficient (Wildman–Crippen LogP) is 2.91. The number of nitrogens with one attached hydrogen (secondary N) is 1. The summed E-state index contributed by atoms with van der Waals surface area (Å²) < 4.78 is 23.5. The predicted molar refractivity (Wildman–Crippen MR) is 78.4 cm³/mol. The lowest BCUT2D eigenvalue weighted by Gasteiger charge is -1.98. The number of carbonyl (C=O) groups is 1. The summed E-state index contributed by atoms with van der Waals surface area (Å²) >= 11 is 0. The molecule has 0 atom stereocenters. The highest BCUT2D eigenvalue weighted by Gasteiger charge is 2.18. The van der Waals surface area contributed by atoms with E-state index in [2.05, 4.69) is 10.5 Å². The van der Waals surface area contributed by atoms with Crippen molar-refractivity contribution in [3.63, 3.8) is 0 Å². The van der Waals surface area contributed by atoms with Crippen LogP contribution >= 0.6 is 0 Å². The Morgan fingerprint density at radius 1 is 1.29 bits per heavy atom. The van der Waals surface area contributed by atoms with Crippen LogP contribution in [0.3, 0.4) is 0 Å². The number of amides is 1. The standard InChI is InChI=1S/C15H10FN3O5/c16-11-4-2-1-3-10(11)13-7-9(18-24-13)8-17-15(20)12-5-6-14(23-12)19(21)22/h1-7H,8H2,(H,17,20). The molecule has 0 radical (unpaired) electrons. The molecule has 2 heterocycles. The molecule has 0 spiro atoms. The number of carbonyl (C=O) groups excluding carboxylic acids is 1. The van der Waals surface area contributed by atoms with Crippen molar-refractivity contribution in [2.75, 3.05) is 0 Å². The lowest BCUT2D eigenvalue weighted by molar-refractivity contribution is -0.402. The minimum absolute atomic E-state index is 0.00865. The second-order valence-electron chi connectivity index (χ2n) is 4.74. The molecule has 3 aromatic rings. The molecule has 1 amide bonds. The van der Waals surface area contributed by atoms with Crippen molar-refractivity contribution >= 4 is 11.8 Å². The molecule has 0 aliphatic rings. The maximum Gasteiger partial charge on any atom is 0.433 e. The number of nitro groups is 1. The summed E-state index contributed by atoms with van der Waals surface area (Å²) in [7, 11) is 0. The van der Waals surface area contributed by atoms with Crippen molar-refractivity contribution < 1.29 is 23.0 Å². The third kappa shape index (κ3) is 3.14. The van der Waals surface area contributed by atoms with E-state index in [4.69, 9.17) is 8.94 Å². The monoisotopic (exact) mass is 331 g/mol. The zero-order valence-corrected chi connectivity index (χ0v) is 12.1. The van der Waals surface area contributed by atoms with Crippen molar-refractivity contribution in [3.8, 4) is 11.3 Å². The summed E-state index contributed by atoms with van der Waals surface area (Å²) in [6.45, 7) is -0.00865. The van der Waals surface area contributed by atoms with Gasteiger partial charge in [-0.2, -0.15) is 0 Å². The molecule has 0 saturated carbocycles. The van der Waals surface area contributed by atoms with Crippen molar-refractivity contribution in [2.24, 2.45) is 0 Å². The van der Waals surface area contributed by atoms with E-state index < -0.39 is 22.5 Å². The SMILES string of the molecule is O=C(NCc1cc(-c2ccccc2F)on1)c1ccc([N+](=O)[O-])o1. The number of rotatable bonds is 5. The van der Waals surface area contributed by atoms with E-state index in [1.165, 1.54) is 18.2 Å². The average Bonchev–Trinajstić information content (AvgIpc) is 3.22. The highest BCUT2D eigenvalue weighted by Crippen LogP contribution is 2.23. The van der Waals surface area contributed by atoms with Gasteiger partial charge in [-0.1, -0.05) is 17.3 Å². The van der Waals surface area contributed by atoms with Crippen LogP contribution in [0.1, 0.15) is 16.2 Å². The van der Waals surface area contributed by atoms with Crippen molar-refractivity contribution in [1.82, 2.24) is 10.5 Å². The first kappa shape index (κ1) is 15.4. The lowest BCUT2D eigenvalue weighted by Crippen LogP contribution is -2.22. The third-order valence-corrected chi connectivity index (χ3v) is 3.12. The highest BCUT2D eigenvalue weighted by molar-refractivity contribution is 5.91. The van der Waals surface area contributed by atoms with Crippen molar-refractivity contribution in [1.29, 1.82) is 0 Å². The van der Waals surface area contributed by atoms with E-state index in [9.17, 15) is 19.3 Å². The first-order valence-corrected chi connectivity index (χ1v) is 6.77. The van der Waals surface area contributed by atoms with Gasteiger partial charge < -0.3 is 14.3 Å². The second kappa shape index (κ2) is 6.32. The largest absolute Gasteiger partial charge is 0.433 e. The Labute approximate surface area is 134 Å². The smallest absolute Gasteiger partial charge is 0.395 e. The van der Waals surface area contributed by atoms with Crippen LogP contribution < -0.4 is 5.32 Å². The fourth-order valence-electron chi connectivity index (χ4n) is 1.99. The van der Waals surface area contributed by atoms with Crippen LogP contribution in [0.4, 0.5) is 10.3 Å². The highest BCUT2D eigenvalue weighted by atomic mass is 19.1. The van der Waals surface area contributed by atoms with Gasteiger partial charge >= 0.3 is 5.88 Å². The van der Waals surface area contributed by atoms with E-state index in [1.54, 1.807) is 18.2 Å². The second-order valence-corrected chi connectivity index (χ2v) is 4.74. The maximum atomic E-state index is 13.7. The summed E-state index contributed by atoms with van der Waals surface area (Å²) in [5.41, 5.74) is 0.617. The normalized spacial score (nSPS) is 10.5. The van der Waals surface area contributed by atoms with Crippen LogP contribution in [0.5, 0.6) is 0 Å². The Balaban J connectivity index is 1.66. The van der Waals surface area contributed by atoms with Crippen LogP contribution in [0.2, 0.25) is 0 Å². The number of nitrogens with zero attached hydrogens (tertiary/aromatic N) is 2. The molecule has 0 unspecified atom stereocenters.